The van der Waals surface area contributed by atoms with Crippen LogP contribution in [0.25, 0.3) is 22.2 Å². The maximum atomic E-state index is 12.6. The number of nitrogens with zero attached hydrogens (tertiary/aromatic N) is 5. The van der Waals surface area contributed by atoms with E-state index in [1.165, 1.54) is 0 Å². The number of pyridine rings is 2. The molecule has 4 rings (SSSR count). The molecule has 9 nitrogen and oxygen atoms in total. The van der Waals surface area contributed by atoms with Crippen LogP contribution in [0.2, 0.25) is 0 Å². The van der Waals surface area contributed by atoms with Crippen LogP contribution >= 0.6 is 0 Å². The Labute approximate surface area is 167 Å². The number of amides is 1. The molecule has 0 aliphatic carbocycles. The molecular formula is C20H22N6O3. The Bertz CT molecular complexity index is 1060. The van der Waals surface area contributed by atoms with E-state index in [-0.39, 0.29) is 18.4 Å². The van der Waals surface area contributed by atoms with Crippen LogP contribution in [0.5, 0.6) is 0 Å². The minimum Gasteiger partial charge on any atom is -0.480 e. The predicted molar refractivity (Wildman–Crippen MR) is 107 cm³/mol. The fourth-order valence-corrected chi connectivity index (χ4v) is 3.57. The van der Waals surface area contributed by atoms with Gasteiger partial charge in [0.2, 0.25) is 5.91 Å². The number of aliphatic carboxylic acids is 1. The molecule has 9 heteroatoms. The molecule has 0 bridgehead atoms. The molecule has 0 radical (unpaired) electrons. The molecule has 1 amide bonds. The van der Waals surface area contributed by atoms with Crippen LogP contribution in [0.1, 0.15) is 12.8 Å². The molecule has 1 fully saturated rings. The van der Waals surface area contributed by atoms with Crippen LogP contribution in [0.3, 0.4) is 0 Å². The molecule has 2 N–H and O–H groups in total. The largest absolute Gasteiger partial charge is 0.480 e. The van der Waals surface area contributed by atoms with Gasteiger partial charge < -0.3 is 10.4 Å². The van der Waals surface area contributed by atoms with Crippen molar-refractivity contribution >= 4 is 28.6 Å². The van der Waals surface area contributed by atoms with Crippen LogP contribution in [0.4, 0.5) is 5.82 Å². The molecule has 3 aromatic heterocycles. The van der Waals surface area contributed by atoms with Crippen molar-refractivity contribution in [1.82, 2.24) is 24.6 Å². The van der Waals surface area contributed by atoms with Gasteiger partial charge in [-0.15, -0.1) is 0 Å². The molecule has 150 valence electrons. The van der Waals surface area contributed by atoms with Gasteiger partial charge in [-0.2, -0.15) is 5.10 Å². The lowest BCUT2D eigenvalue weighted by molar-refractivity contribution is -0.138. The highest BCUT2D eigenvalue weighted by Crippen LogP contribution is 2.23. The van der Waals surface area contributed by atoms with Gasteiger partial charge in [-0.25, -0.2) is 9.97 Å². The Morgan fingerprint density at radius 2 is 2.03 bits per heavy atom. The van der Waals surface area contributed by atoms with E-state index in [4.69, 9.17) is 5.11 Å². The smallest absolute Gasteiger partial charge is 0.317 e. The highest BCUT2D eigenvalue weighted by molar-refractivity contribution is 5.93. The number of anilines is 1. The number of aromatic nitrogens is 4. The predicted octanol–water partition coefficient (Wildman–Crippen LogP) is 1.77. The second-order valence-electron chi connectivity index (χ2n) is 7.29. The number of carboxylic acids is 1. The monoisotopic (exact) mass is 394 g/mol. The average Bonchev–Trinajstić information content (AvgIpc) is 3.14. The van der Waals surface area contributed by atoms with E-state index in [1.54, 1.807) is 23.1 Å². The molecule has 0 spiro atoms. The Kier molecular flexibility index (Phi) is 5.22. The first-order valence-electron chi connectivity index (χ1n) is 9.49. The van der Waals surface area contributed by atoms with Crippen molar-refractivity contribution in [2.45, 2.75) is 12.8 Å². The van der Waals surface area contributed by atoms with Gasteiger partial charge >= 0.3 is 5.97 Å². The third-order valence-electron chi connectivity index (χ3n) is 5.14. The van der Waals surface area contributed by atoms with E-state index in [1.807, 2.05) is 30.3 Å². The molecule has 29 heavy (non-hydrogen) atoms. The molecule has 0 unspecified atom stereocenters. The van der Waals surface area contributed by atoms with Crippen molar-refractivity contribution < 1.29 is 14.7 Å². The summed E-state index contributed by atoms with van der Waals surface area (Å²) in [6.45, 7) is 1.22. The summed E-state index contributed by atoms with van der Waals surface area (Å²) in [4.78, 5) is 34.3. The van der Waals surface area contributed by atoms with Crippen LogP contribution < -0.4 is 5.32 Å². The lowest BCUT2D eigenvalue weighted by atomic mass is 9.96. The van der Waals surface area contributed by atoms with E-state index in [0.29, 0.717) is 31.7 Å². The third kappa shape index (κ3) is 4.40. The van der Waals surface area contributed by atoms with Crippen molar-refractivity contribution in [1.29, 1.82) is 0 Å². The van der Waals surface area contributed by atoms with Crippen molar-refractivity contribution in [2.24, 2.45) is 13.0 Å². The summed E-state index contributed by atoms with van der Waals surface area (Å²) >= 11 is 0. The topological polar surface area (TPSA) is 113 Å². The van der Waals surface area contributed by atoms with Gasteiger partial charge in [0.05, 0.1) is 24.0 Å². The minimum absolute atomic E-state index is 0.0194. The zero-order chi connectivity index (χ0) is 20.4. The summed E-state index contributed by atoms with van der Waals surface area (Å²) in [6.07, 6.45) is 6.62. The summed E-state index contributed by atoms with van der Waals surface area (Å²) < 4.78 is 1.72. The molecule has 0 atom stereocenters. The molecule has 0 aromatic carbocycles. The summed E-state index contributed by atoms with van der Waals surface area (Å²) in [6, 6.07) is 5.64. The fraction of sp³-hybridized carbons (Fsp3) is 0.350. The van der Waals surface area contributed by atoms with E-state index in [9.17, 15) is 9.59 Å². The van der Waals surface area contributed by atoms with Gasteiger partial charge in [-0.1, -0.05) is 0 Å². The van der Waals surface area contributed by atoms with Crippen LogP contribution in [0, 0.1) is 5.92 Å². The maximum absolute atomic E-state index is 12.6. The van der Waals surface area contributed by atoms with Gasteiger partial charge in [0.1, 0.15) is 5.82 Å². The van der Waals surface area contributed by atoms with Gasteiger partial charge in [0.25, 0.3) is 0 Å². The number of carbonyl (C=O) groups is 2. The first kappa shape index (κ1) is 19.0. The highest BCUT2D eigenvalue weighted by atomic mass is 16.4. The van der Waals surface area contributed by atoms with E-state index < -0.39 is 5.97 Å². The van der Waals surface area contributed by atoms with E-state index in [0.717, 1.165) is 22.2 Å². The van der Waals surface area contributed by atoms with Crippen molar-refractivity contribution in [3.8, 4) is 11.3 Å². The first-order chi connectivity index (χ1) is 14.0. The number of rotatable bonds is 5. The molecular weight excluding hydrogens is 372 g/mol. The second kappa shape index (κ2) is 7.96. The Hall–Kier alpha value is -3.33. The normalized spacial score (nSPS) is 15.5. The minimum atomic E-state index is -0.841. The van der Waals surface area contributed by atoms with Crippen molar-refractivity contribution in [3.63, 3.8) is 0 Å². The zero-order valence-electron chi connectivity index (χ0n) is 16.1. The van der Waals surface area contributed by atoms with Gasteiger partial charge in [-0.3, -0.25) is 19.2 Å². The van der Waals surface area contributed by atoms with Crippen molar-refractivity contribution in [2.75, 3.05) is 25.0 Å². The fourth-order valence-electron chi connectivity index (χ4n) is 3.57. The number of piperidine rings is 1. The molecule has 1 aliphatic heterocycles. The summed E-state index contributed by atoms with van der Waals surface area (Å²) in [5, 5.41) is 16.8. The Balaban J connectivity index is 1.45. The summed E-state index contributed by atoms with van der Waals surface area (Å²) in [5.74, 6) is -0.611. The summed E-state index contributed by atoms with van der Waals surface area (Å²) in [7, 11) is 1.86. The Morgan fingerprint density at radius 1 is 1.24 bits per heavy atom. The molecule has 3 aromatic rings. The first-order valence-corrected chi connectivity index (χ1v) is 9.49. The number of aryl methyl sites for hydroxylation is 1. The van der Waals surface area contributed by atoms with Gasteiger partial charge in [-0.05, 0) is 38.1 Å². The Morgan fingerprint density at radius 3 is 2.72 bits per heavy atom. The number of carbonyl (C=O) groups excluding carboxylic acids is 1. The van der Waals surface area contributed by atoms with Crippen molar-refractivity contribution in [3.05, 3.63) is 36.8 Å². The van der Waals surface area contributed by atoms with Crippen LogP contribution in [-0.2, 0) is 16.6 Å². The molecule has 0 saturated carbocycles. The zero-order valence-corrected chi connectivity index (χ0v) is 16.1. The number of hydrogen-bond acceptors (Lipinski definition) is 6. The maximum Gasteiger partial charge on any atom is 0.317 e. The number of nitrogens with one attached hydrogen (secondary N) is 1. The average molecular weight is 394 g/mol. The quantitative estimate of drug-likeness (QED) is 0.678. The van der Waals surface area contributed by atoms with Gasteiger partial charge in [0, 0.05) is 42.4 Å². The third-order valence-corrected chi connectivity index (χ3v) is 5.14. The number of carboxylic acid groups (broad SMARTS) is 1. The second-order valence-corrected chi connectivity index (χ2v) is 7.29. The standard InChI is InChI=1S/C20H22N6O3/c1-25-11-15(10-22-25)16-3-2-14-9-21-18(8-17(14)23-16)24-20(29)13-4-6-26(7-5-13)12-19(27)28/h2-3,8-11,13H,4-7,12H2,1H3,(H,27,28)(H,21,24,29). The number of likely N-dealkylation sites (tertiary alicyclic amines) is 1. The lowest BCUT2D eigenvalue weighted by Crippen LogP contribution is -2.40. The SMILES string of the molecule is Cn1cc(-c2ccc3cnc(NC(=O)C4CCN(CC(=O)O)CC4)cc3n2)cn1. The summed E-state index contributed by atoms with van der Waals surface area (Å²) in [5.41, 5.74) is 2.47. The van der Waals surface area contributed by atoms with Crippen LogP contribution in [0.15, 0.2) is 36.8 Å². The molecule has 1 saturated heterocycles. The van der Waals surface area contributed by atoms with E-state index in [2.05, 4.69) is 20.4 Å². The van der Waals surface area contributed by atoms with E-state index >= 15 is 0 Å². The number of fused-ring (bicyclic) bond motifs is 1. The van der Waals surface area contributed by atoms with Gasteiger partial charge in [0.15, 0.2) is 0 Å². The lowest BCUT2D eigenvalue weighted by Gasteiger charge is -2.29. The molecule has 4 heterocycles. The van der Waals surface area contributed by atoms with Crippen LogP contribution in [-0.4, -0.2) is 61.3 Å². The highest BCUT2D eigenvalue weighted by Gasteiger charge is 2.26. The number of hydrogen-bond donors (Lipinski definition) is 2. The molecule has 1 aliphatic rings.